The molecular weight excluding hydrogens is 504 g/mol. The topological polar surface area (TPSA) is 124 Å². The fourth-order valence-corrected chi connectivity index (χ4v) is 2.82. The average molecular weight is 531 g/mol. The van der Waals surface area contributed by atoms with Crippen molar-refractivity contribution in [3.63, 3.8) is 0 Å². The van der Waals surface area contributed by atoms with E-state index in [0.717, 1.165) is 0 Å². The molecule has 0 aromatic rings. The summed E-state index contributed by atoms with van der Waals surface area (Å²) in [5, 5.41) is 27.4. The maximum atomic E-state index is 12.0. The van der Waals surface area contributed by atoms with E-state index in [2.05, 4.69) is 94.7 Å². The molecule has 1 fully saturated rings. The first-order valence-electron chi connectivity index (χ1n) is 11.6. The number of hydrogen-bond acceptors (Lipinski definition) is 9. The van der Waals surface area contributed by atoms with Crippen molar-refractivity contribution in [2.75, 3.05) is 52.9 Å². The van der Waals surface area contributed by atoms with Crippen molar-refractivity contribution in [2.24, 2.45) is 0 Å². The number of carbonyl (C=O) groups excluding carboxylic acids is 1. The van der Waals surface area contributed by atoms with Gasteiger partial charge in [-0.1, -0.05) is 5.92 Å². The number of aliphatic hydroxyl groups is 3. The zero-order valence-corrected chi connectivity index (χ0v) is 21.3. The number of ether oxygens (including phenoxy) is 5. The first-order valence-corrected chi connectivity index (χ1v) is 11.6. The number of aliphatic hydroxyl groups excluding tert-OH is 3. The predicted molar refractivity (Wildman–Crippen MR) is 139 cm³/mol. The van der Waals surface area contributed by atoms with E-state index in [-0.39, 0.29) is 52.9 Å². The van der Waals surface area contributed by atoms with Crippen LogP contribution in [0.4, 0.5) is 0 Å². The predicted octanol–water partition coefficient (Wildman–Crippen LogP) is -1.89. The van der Waals surface area contributed by atoms with Crippen LogP contribution in [-0.4, -0.2) is 98.6 Å². The van der Waals surface area contributed by atoms with E-state index >= 15 is 0 Å². The van der Waals surface area contributed by atoms with Crippen molar-refractivity contribution in [3.8, 4) is 94.7 Å². The van der Waals surface area contributed by atoms with E-state index in [4.69, 9.17) is 33.9 Å². The molecule has 0 aromatic heterocycles. The molecule has 0 aromatic carbocycles. The summed E-state index contributed by atoms with van der Waals surface area (Å²) in [6.45, 7) is 0.834. The third-order valence-corrected chi connectivity index (χ3v) is 4.24. The summed E-state index contributed by atoms with van der Waals surface area (Å²) in [6.07, 6.45) is -2.85. The Morgan fingerprint density at radius 2 is 1.15 bits per heavy atom. The largest absolute Gasteiger partial charge is 0.453 e. The van der Waals surface area contributed by atoms with Crippen molar-refractivity contribution in [3.05, 3.63) is 0 Å². The first kappa shape index (κ1) is 32.7. The summed E-state index contributed by atoms with van der Waals surface area (Å²) < 4.78 is 27.8. The molecule has 4 atom stereocenters. The van der Waals surface area contributed by atoms with E-state index in [0.29, 0.717) is 0 Å². The second kappa shape index (κ2) is 22.8. The molecule has 0 aliphatic carbocycles. The highest BCUT2D eigenvalue weighted by molar-refractivity contribution is 5.89. The Morgan fingerprint density at radius 3 is 1.67 bits per heavy atom. The fourth-order valence-electron chi connectivity index (χ4n) is 2.82. The van der Waals surface area contributed by atoms with Gasteiger partial charge in [-0.3, -0.25) is 0 Å². The number of rotatable bonds is 11. The van der Waals surface area contributed by atoms with E-state index in [1.54, 1.807) is 6.92 Å². The van der Waals surface area contributed by atoms with Gasteiger partial charge in [-0.25, -0.2) is 4.79 Å². The molecule has 0 radical (unpaired) electrons. The molecule has 39 heavy (non-hydrogen) atoms. The Bertz CT molecular complexity index is 1290. The molecule has 3 N–H and O–H groups in total. The van der Waals surface area contributed by atoms with Crippen LogP contribution in [0.3, 0.4) is 0 Å². The highest BCUT2D eigenvalue weighted by Gasteiger charge is 2.43. The summed E-state index contributed by atoms with van der Waals surface area (Å²) in [7, 11) is 0. The fraction of sp³-hybridized carbons (Fsp3) is 0.433. The maximum Gasteiger partial charge on any atom is 0.385 e. The molecule has 0 amide bonds. The van der Waals surface area contributed by atoms with Gasteiger partial charge >= 0.3 is 5.97 Å². The van der Waals surface area contributed by atoms with Gasteiger partial charge in [-0.2, -0.15) is 0 Å². The third kappa shape index (κ3) is 15.5. The quantitative estimate of drug-likeness (QED) is 0.160. The van der Waals surface area contributed by atoms with Crippen LogP contribution in [0.25, 0.3) is 0 Å². The Morgan fingerprint density at radius 1 is 0.692 bits per heavy atom. The lowest BCUT2D eigenvalue weighted by Gasteiger charge is -2.41. The number of esters is 1. The van der Waals surface area contributed by atoms with Crippen LogP contribution in [0, 0.1) is 94.7 Å². The molecule has 0 bridgehead atoms. The van der Waals surface area contributed by atoms with Crippen LogP contribution in [0.2, 0.25) is 0 Å². The van der Waals surface area contributed by atoms with Crippen molar-refractivity contribution in [1.82, 2.24) is 0 Å². The van der Waals surface area contributed by atoms with Gasteiger partial charge in [0, 0.05) is 5.92 Å². The zero-order valence-electron chi connectivity index (χ0n) is 21.3. The SMILES string of the molecule is CC#CC#CC#CC#CC#CC#CC#CC#CC(=O)OCC1OCC(OCCO)C(OCCO)C1OCCO. The van der Waals surface area contributed by atoms with Gasteiger partial charge in [0.05, 0.1) is 46.2 Å². The lowest BCUT2D eigenvalue weighted by atomic mass is 9.99. The summed E-state index contributed by atoms with van der Waals surface area (Å²) in [5.41, 5.74) is 0. The lowest BCUT2D eigenvalue weighted by molar-refractivity contribution is -0.240. The molecule has 1 aliphatic rings. The van der Waals surface area contributed by atoms with Gasteiger partial charge in [0.15, 0.2) is 0 Å². The molecule has 1 aliphatic heterocycles. The summed E-state index contributed by atoms with van der Waals surface area (Å²) in [5.74, 6) is 38.4. The van der Waals surface area contributed by atoms with Crippen LogP contribution >= 0.6 is 0 Å². The van der Waals surface area contributed by atoms with Crippen molar-refractivity contribution in [1.29, 1.82) is 0 Å². The van der Waals surface area contributed by atoms with Crippen LogP contribution in [0.15, 0.2) is 0 Å². The molecule has 1 saturated heterocycles. The smallest absolute Gasteiger partial charge is 0.385 e. The second-order valence-corrected chi connectivity index (χ2v) is 6.85. The molecule has 0 spiro atoms. The highest BCUT2D eigenvalue weighted by atomic mass is 16.6. The minimum Gasteiger partial charge on any atom is -0.453 e. The molecule has 9 heteroatoms. The lowest BCUT2D eigenvalue weighted by Crippen LogP contribution is -2.58. The molecule has 1 rings (SSSR count). The van der Waals surface area contributed by atoms with Crippen molar-refractivity contribution in [2.45, 2.75) is 31.3 Å². The van der Waals surface area contributed by atoms with E-state index in [1.807, 2.05) is 0 Å². The van der Waals surface area contributed by atoms with Gasteiger partial charge in [-0.05, 0) is 89.8 Å². The van der Waals surface area contributed by atoms with Crippen molar-refractivity contribution >= 4 is 5.97 Å². The molecule has 1 heterocycles. The maximum absolute atomic E-state index is 12.0. The second-order valence-electron chi connectivity index (χ2n) is 6.85. The molecular formula is C30H26O9. The van der Waals surface area contributed by atoms with E-state index < -0.39 is 30.4 Å². The van der Waals surface area contributed by atoms with Gasteiger partial charge in [0.2, 0.25) is 0 Å². The standard InChI is InChI=1S/C30H26O9/c1-2-3-4-5-6-7-8-9-10-11-12-13-14-15-16-17-28(34)39-25-27-30(37-23-20-33)29(36-22-19-32)26(24-38-27)35-21-18-31/h26-27,29-33H,18-25H2,1H3. The minimum absolute atomic E-state index is 0.00101. The third-order valence-electron chi connectivity index (χ3n) is 4.24. The summed E-state index contributed by atoms with van der Waals surface area (Å²) >= 11 is 0. The number of carbonyl (C=O) groups is 1. The van der Waals surface area contributed by atoms with Gasteiger partial charge in [0.25, 0.3) is 0 Å². The monoisotopic (exact) mass is 530 g/mol. The number of hydrogen-bond donors (Lipinski definition) is 3. The molecule has 9 nitrogen and oxygen atoms in total. The van der Waals surface area contributed by atoms with E-state index in [9.17, 15) is 9.90 Å². The summed E-state index contributed by atoms with van der Waals surface area (Å²) in [4.78, 5) is 12.0. The molecule has 4 unspecified atom stereocenters. The van der Waals surface area contributed by atoms with Gasteiger partial charge in [-0.15, -0.1) is 0 Å². The van der Waals surface area contributed by atoms with Gasteiger partial charge in [0.1, 0.15) is 31.0 Å². The Labute approximate surface area is 228 Å². The minimum atomic E-state index is -0.851. The van der Waals surface area contributed by atoms with Crippen LogP contribution in [0.1, 0.15) is 6.92 Å². The highest BCUT2D eigenvalue weighted by Crippen LogP contribution is 2.24. The van der Waals surface area contributed by atoms with Crippen LogP contribution in [-0.2, 0) is 28.5 Å². The Hall–Kier alpha value is -4.33. The first-order chi connectivity index (χ1) is 19.2. The Balaban J connectivity index is 2.65. The summed E-state index contributed by atoms with van der Waals surface area (Å²) in [6, 6.07) is 0. The average Bonchev–Trinajstić information content (AvgIpc) is 2.95. The Kier molecular flexibility index (Phi) is 19.1. The van der Waals surface area contributed by atoms with E-state index in [1.165, 1.54) is 0 Å². The zero-order chi connectivity index (χ0) is 28.4. The van der Waals surface area contributed by atoms with Crippen LogP contribution < -0.4 is 0 Å². The molecule has 200 valence electrons. The molecule has 0 saturated carbocycles. The normalized spacial score (nSPS) is 18.1. The van der Waals surface area contributed by atoms with Crippen molar-refractivity contribution < 1.29 is 43.8 Å². The van der Waals surface area contributed by atoms with Crippen LogP contribution in [0.5, 0.6) is 0 Å². The van der Waals surface area contributed by atoms with Gasteiger partial charge < -0.3 is 39.0 Å².